The second kappa shape index (κ2) is 7.05. The van der Waals surface area contributed by atoms with Crippen molar-refractivity contribution in [2.75, 3.05) is 5.75 Å². The van der Waals surface area contributed by atoms with E-state index in [0.29, 0.717) is 0 Å². The van der Waals surface area contributed by atoms with E-state index in [1.165, 1.54) is 23.9 Å². The van der Waals surface area contributed by atoms with E-state index >= 15 is 0 Å². The molecule has 0 saturated carbocycles. The monoisotopic (exact) mass is 343 g/mol. The summed E-state index contributed by atoms with van der Waals surface area (Å²) in [4.78, 5) is 16.7. The molecule has 0 aliphatic rings. The Kier molecular flexibility index (Phi) is 4.85. The van der Waals surface area contributed by atoms with Crippen molar-refractivity contribution >= 4 is 28.7 Å². The summed E-state index contributed by atoms with van der Waals surface area (Å²) in [6.45, 7) is 1.88. The van der Waals surface area contributed by atoms with E-state index in [0.717, 1.165) is 21.8 Å². The van der Waals surface area contributed by atoms with Gasteiger partial charge in [0.25, 0.3) is 0 Å². The van der Waals surface area contributed by atoms with Gasteiger partial charge in [0, 0.05) is 7.05 Å². The van der Waals surface area contributed by atoms with Crippen LogP contribution in [0.5, 0.6) is 0 Å². The van der Waals surface area contributed by atoms with Crippen molar-refractivity contribution in [3.8, 4) is 0 Å². The Balaban J connectivity index is 1.60. The van der Waals surface area contributed by atoms with Crippen molar-refractivity contribution in [3.05, 3.63) is 59.9 Å². The van der Waals surface area contributed by atoms with Crippen LogP contribution in [0.2, 0.25) is 0 Å². The van der Waals surface area contributed by atoms with E-state index in [2.05, 4.69) is 10.3 Å². The van der Waals surface area contributed by atoms with Crippen molar-refractivity contribution in [3.63, 3.8) is 0 Å². The summed E-state index contributed by atoms with van der Waals surface area (Å²) in [5, 5.41) is 3.73. The summed E-state index contributed by atoms with van der Waals surface area (Å²) >= 11 is 1.40. The zero-order chi connectivity index (χ0) is 17.1. The van der Waals surface area contributed by atoms with E-state index in [1.54, 1.807) is 12.1 Å². The number of aromatic nitrogens is 2. The summed E-state index contributed by atoms with van der Waals surface area (Å²) in [6, 6.07) is 13.9. The van der Waals surface area contributed by atoms with Crippen LogP contribution in [0.25, 0.3) is 11.0 Å². The lowest BCUT2D eigenvalue weighted by molar-refractivity contribution is -0.119. The first-order valence-electron chi connectivity index (χ1n) is 7.63. The third-order valence-corrected chi connectivity index (χ3v) is 4.86. The Bertz CT molecular complexity index is 860. The fourth-order valence-corrected chi connectivity index (χ4v) is 3.30. The number of para-hydroxylation sites is 2. The van der Waals surface area contributed by atoms with Gasteiger partial charge in [0.15, 0.2) is 5.16 Å². The second-order valence-electron chi connectivity index (χ2n) is 5.57. The average molecular weight is 343 g/mol. The molecule has 0 aliphatic heterocycles. The highest BCUT2D eigenvalue weighted by Crippen LogP contribution is 2.22. The van der Waals surface area contributed by atoms with Crippen LogP contribution in [0.4, 0.5) is 4.39 Å². The maximum atomic E-state index is 12.9. The lowest BCUT2D eigenvalue weighted by Gasteiger charge is -2.14. The van der Waals surface area contributed by atoms with Crippen LogP contribution in [0.3, 0.4) is 0 Å². The molecule has 6 heteroatoms. The molecule has 1 aromatic heterocycles. The van der Waals surface area contributed by atoms with E-state index in [9.17, 15) is 9.18 Å². The summed E-state index contributed by atoms with van der Waals surface area (Å²) in [5.74, 6) is -0.0820. The zero-order valence-electron chi connectivity index (χ0n) is 13.5. The Morgan fingerprint density at radius 1 is 1.25 bits per heavy atom. The average Bonchev–Trinajstić information content (AvgIpc) is 2.90. The summed E-state index contributed by atoms with van der Waals surface area (Å²) in [5.41, 5.74) is 2.83. The number of carbonyl (C=O) groups excluding carboxylic acids is 1. The van der Waals surface area contributed by atoms with E-state index < -0.39 is 0 Å². The summed E-state index contributed by atoms with van der Waals surface area (Å²) < 4.78 is 14.9. The number of imidazole rings is 1. The number of hydrogen-bond donors (Lipinski definition) is 1. The van der Waals surface area contributed by atoms with Crippen LogP contribution >= 0.6 is 11.8 Å². The van der Waals surface area contributed by atoms with Gasteiger partial charge in [-0.1, -0.05) is 36.0 Å². The number of aryl methyl sites for hydroxylation is 1. The molecule has 124 valence electrons. The molecule has 1 heterocycles. The van der Waals surface area contributed by atoms with Gasteiger partial charge >= 0.3 is 0 Å². The van der Waals surface area contributed by atoms with Crippen LogP contribution in [0, 0.1) is 5.82 Å². The molecule has 0 spiro atoms. The van der Waals surface area contributed by atoms with Crippen molar-refractivity contribution in [1.29, 1.82) is 0 Å². The lowest BCUT2D eigenvalue weighted by atomic mass is 10.1. The summed E-state index contributed by atoms with van der Waals surface area (Å²) in [6.07, 6.45) is 0. The predicted molar refractivity (Wildman–Crippen MR) is 94.4 cm³/mol. The number of thioether (sulfide) groups is 1. The molecule has 0 aliphatic carbocycles. The van der Waals surface area contributed by atoms with Gasteiger partial charge in [-0.05, 0) is 36.8 Å². The smallest absolute Gasteiger partial charge is 0.230 e. The quantitative estimate of drug-likeness (QED) is 0.719. The standard InChI is InChI=1S/C18H18FN3OS/c1-12(13-7-9-14(19)10-8-13)20-17(23)11-24-18-21-15-5-3-4-6-16(15)22(18)2/h3-10,12H,11H2,1-2H3,(H,20,23). The molecule has 1 atom stereocenters. The van der Waals surface area contributed by atoms with Gasteiger partial charge in [0.1, 0.15) is 5.82 Å². The number of benzene rings is 2. The second-order valence-corrected chi connectivity index (χ2v) is 6.51. The Morgan fingerprint density at radius 3 is 2.67 bits per heavy atom. The van der Waals surface area contributed by atoms with Gasteiger partial charge in [0.05, 0.1) is 22.8 Å². The maximum Gasteiger partial charge on any atom is 0.230 e. The van der Waals surface area contributed by atoms with Gasteiger partial charge in [0.2, 0.25) is 5.91 Å². The third-order valence-electron chi connectivity index (χ3n) is 3.83. The van der Waals surface area contributed by atoms with Crippen molar-refractivity contribution in [1.82, 2.24) is 14.9 Å². The lowest BCUT2D eigenvalue weighted by Crippen LogP contribution is -2.28. The van der Waals surface area contributed by atoms with Crippen LogP contribution in [0.1, 0.15) is 18.5 Å². The maximum absolute atomic E-state index is 12.9. The molecule has 0 radical (unpaired) electrons. The number of amides is 1. The minimum atomic E-state index is -0.283. The first kappa shape index (κ1) is 16.5. The topological polar surface area (TPSA) is 46.9 Å². The molecule has 4 nitrogen and oxygen atoms in total. The van der Waals surface area contributed by atoms with Gasteiger partial charge < -0.3 is 9.88 Å². The van der Waals surface area contributed by atoms with Crippen molar-refractivity contribution < 1.29 is 9.18 Å². The summed E-state index contributed by atoms with van der Waals surface area (Å²) in [7, 11) is 1.94. The molecule has 0 bridgehead atoms. The molecule has 1 N–H and O–H groups in total. The number of nitrogens with one attached hydrogen (secondary N) is 1. The van der Waals surface area contributed by atoms with Crippen molar-refractivity contribution in [2.45, 2.75) is 18.1 Å². The Morgan fingerprint density at radius 2 is 1.96 bits per heavy atom. The number of carbonyl (C=O) groups is 1. The molecule has 24 heavy (non-hydrogen) atoms. The minimum absolute atomic E-state index is 0.0797. The largest absolute Gasteiger partial charge is 0.349 e. The van der Waals surface area contributed by atoms with Gasteiger partial charge in [-0.2, -0.15) is 0 Å². The highest BCUT2D eigenvalue weighted by Gasteiger charge is 2.13. The molecule has 0 saturated heterocycles. The van der Waals surface area contributed by atoms with E-state index in [-0.39, 0.29) is 23.5 Å². The van der Waals surface area contributed by atoms with Crippen LogP contribution in [0.15, 0.2) is 53.7 Å². The van der Waals surface area contributed by atoms with E-state index in [1.807, 2.05) is 42.8 Å². The van der Waals surface area contributed by atoms with Crippen LogP contribution in [-0.2, 0) is 11.8 Å². The van der Waals surface area contributed by atoms with Crippen LogP contribution in [-0.4, -0.2) is 21.2 Å². The minimum Gasteiger partial charge on any atom is -0.349 e. The van der Waals surface area contributed by atoms with Gasteiger partial charge in [-0.3, -0.25) is 4.79 Å². The molecule has 3 rings (SSSR count). The first-order chi connectivity index (χ1) is 11.5. The molecule has 1 amide bonds. The fraction of sp³-hybridized carbons (Fsp3) is 0.222. The fourth-order valence-electron chi connectivity index (χ4n) is 2.50. The highest BCUT2D eigenvalue weighted by atomic mass is 32.2. The first-order valence-corrected chi connectivity index (χ1v) is 8.62. The Labute approximate surface area is 144 Å². The Hall–Kier alpha value is -2.34. The third kappa shape index (κ3) is 3.59. The number of rotatable bonds is 5. The predicted octanol–water partition coefficient (Wildman–Crippen LogP) is 3.68. The van der Waals surface area contributed by atoms with E-state index in [4.69, 9.17) is 0 Å². The molecular weight excluding hydrogens is 325 g/mol. The zero-order valence-corrected chi connectivity index (χ0v) is 14.3. The van der Waals surface area contributed by atoms with Crippen LogP contribution < -0.4 is 5.32 Å². The molecule has 3 aromatic rings. The highest BCUT2D eigenvalue weighted by molar-refractivity contribution is 7.99. The number of hydrogen-bond acceptors (Lipinski definition) is 3. The molecule has 0 fully saturated rings. The SMILES string of the molecule is CC(NC(=O)CSc1nc2ccccc2n1C)c1ccc(F)cc1. The molecular formula is C18H18FN3OS. The van der Waals surface area contributed by atoms with Gasteiger partial charge in [-0.15, -0.1) is 0 Å². The molecule has 2 aromatic carbocycles. The molecule has 1 unspecified atom stereocenters. The number of nitrogens with zero attached hydrogens (tertiary/aromatic N) is 2. The van der Waals surface area contributed by atoms with Crippen molar-refractivity contribution in [2.24, 2.45) is 7.05 Å². The number of fused-ring (bicyclic) bond motifs is 1. The van der Waals surface area contributed by atoms with Gasteiger partial charge in [-0.25, -0.2) is 9.37 Å². The number of halogens is 1. The normalized spacial score (nSPS) is 12.3.